The maximum atomic E-state index is 12.5. The molecule has 0 atom stereocenters. The van der Waals surface area contributed by atoms with Crippen molar-refractivity contribution in [1.82, 2.24) is 29.0 Å². The van der Waals surface area contributed by atoms with Crippen LogP contribution in [0.25, 0.3) is 11.0 Å². The lowest BCUT2D eigenvalue weighted by Crippen LogP contribution is -2.49. The summed E-state index contributed by atoms with van der Waals surface area (Å²) < 4.78 is 27.2. The molecule has 0 saturated carbocycles. The molecule has 12 heteroatoms. The Morgan fingerprint density at radius 1 is 1.09 bits per heavy atom. The number of amides is 1. The third kappa shape index (κ3) is 4.42. The number of rotatable bonds is 6. The summed E-state index contributed by atoms with van der Waals surface area (Å²) in [5, 5.41) is 8.01. The van der Waals surface area contributed by atoms with Gasteiger partial charge in [0.15, 0.2) is 5.65 Å². The minimum Gasteiger partial charge on any atom is -0.353 e. The van der Waals surface area contributed by atoms with Crippen molar-refractivity contribution >= 4 is 38.5 Å². The van der Waals surface area contributed by atoms with E-state index < -0.39 is 10.0 Å². The van der Waals surface area contributed by atoms with Crippen LogP contribution in [0.1, 0.15) is 0 Å². The maximum absolute atomic E-state index is 12.5. The highest BCUT2D eigenvalue weighted by atomic mass is 32.2. The van der Waals surface area contributed by atoms with Crippen LogP contribution < -0.4 is 10.2 Å². The van der Waals surface area contributed by atoms with E-state index in [4.69, 9.17) is 0 Å². The number of aryl methyl sites for hydroxylation is 1. The molecule has 1 aliphatic heterocycles. The molecule has 0 unspecified atom stereocenters. The van der Waals surface area contributed by atoms with Crippen LogP contribution in [0.5, 0.6) is 0 Å². The van der Waals surface area contributed by atoms with E-state index in [1.807, 2.05) is 7.05 Å². The van der Waals surface area contributed by atoms with E-state index in [0.29, 0.717) is 5.69 Å². The minimum atomic E-state index is -3.49. The third-order valence-corrected chi connectivity index (χ3v) is 7.29. The molecule has 0 aliphatic carbocycles. The van der Waals surface area contributed by atoms with E-state index in [1.54, 1.807) is 29.3 Å². The Hall–Kier alpha value is -3.09. The summed E-state index contributed by atoms with van der Waals surface area (Å²) in [7, 11) is 1.32. The zero-order valence-corrected chi connectivity index (χ0v) is 19.1. The number of anilines is 2. The molecule has 4 rings (SSSR count). The summed E-state index contributed by atoms with van der Waals surface area (Å²) >= 11 is 0. The predicted octanol–water partition coefficient (Wildman–Crippen LogP) is 0.374. The molecule has 3 aromatic rings. The lowest BCUT2D eigenvalue weighted by molar-refractivity contribution is -0.117. The Morgan fingerprint density at radius 2 is 1.78 bits per heavy atom. The fraction of sp³-hybridized carbons (Fsp3) is 0.400. The van der Waals surface area contributed by atoms with Gasteiger partial charge in [-0.3, -0.25) is 14.4 Å². The van der Waals surface area contributed by atoms with Gasteiger partial charge in [-0.2, -0.15) is 5.10 Å². The largest absolute Gasteiger partial charge is 0.353 e. The third-order valence-electron chi connectivity index (χ3n) is 5.46. The first-order chi connectivity index (χ1) is 15.3. The van der Waals surface area contributed by atoms with Crippen molar-refractivity contribution in [3.63, 3.8) is 0 Å². The zero-order valence-electron chi connectivity index (χ0n) is 18.3. The Balaban J connectivity index is 1.32. The molecule has 2 aromatic heterocycles. The number of nitrogens with one attached hydrogen (secondary N) is 1. The highest BCUT2D eigenvalue weighted by Gasteiger charge is 2.22. The van der Waals surface area contributed by atoms with Crippen LogP contribution in [0.2, 0.25) is 0 Å². The van der Waals surface area contributed by atoms with Gasteiger partial charge in [-0.15, -0.1) is 0 Å². The standard InChI is InChI=1S/C20H26N8O3S/c1-25(2)32(30,31)16-6-4-15(5-7-16)24-18(29)13-27-8-10-28(11-9-27)20-17-12-23-26(3)19(17)21-14-22-20/h4-7,12,14H,8-11,13H2,1-3H3,(H,24,29). The molecule has 11 nitrogen and oxygen atoms in total. The molecule has 1 N–H and O–H groups in total. The Bertz CT molecular complexity index is 1220. The summed E-state index contributed by atoms with van der Waals surface area (Å²) in [6.07, 6.45) is 3.33. The van der Waals surface area contributed by atoms with Gasteiger partial charge in [-0.05, 0) is 24.3 Å². The van der Waals surface area contributed by atoms with Crippen LogP contribution in [0.3, 0.4) is 0 Å². The van der Waals surface area contributed by atoms with E-state index in [-0.39, 0.29) is 17.3 Å². The van der Waals surface area contributed by atoms with Gasteiger partial charge in [-0.25, -0.2) is 22.7 Å². The maximum Gasteiger partial charge on any atom is 0.242 e. The van der Waals surface area contributed by atoms with Crippen molar-refractivity contribution in [1.29, 1.82) is 0 Å². The molecule has 0 bridgehead atoms. The molecule has 170 valence electrons. The van der Waals surface area contributed by atoms with Crippen LogP contribution in [-0.4, -0.2) is 90.1 Å². The number of sulfonamides is 1. The Kier molecular flexibility index (Phi) is 6.09. The van der Waals surface area contributed by atoms with E-state index >= 15 is 0 Å². The summed E-state index contributed by atoms with van der Waals surface area (Å²) in [5.74, 6) is 0.721. The molecule has 1 fully saturated rings. The SMILES string of the molecule is CN(C)S(=O)(=O)c1ccc(NC(=O)CN2CCN(c3ncnc4c3cnn4C)CC2)cc1. The highest BCUT2D eigenvalue weighted by Crippen LogP contribution is 2.23. The first-order valence-corrected chi connectivity index (χ1v) is 11.6. The van der Waals surface area contributed by atoms with Gasteiger partial charge in [0.2, 0.25) is 15.9 Å². The number of piperazine rings is 1. The number of carbonyl (C=O) groups excluding carboxylic acids is 1. The van der Waals surface area contributed by atoms with Crippen LogP contribution in [0.15, 0.2) is 41.7 Å². The van der Waals surface area contributed by atoms with Crippen molar-refractivity contribution in [2.45, 2.75) is 4.90 Å². The second kappa shape index (κ2) is 8.81. The highest BCUT2D eigenvalue weighted by molar-refractivity contribution is 7.89. The lowest BCUT2D eigenvalue weighted by atomic mass is 10.2. The average Bonchev–Trinajstić information content (AvgIpc) is 3.15. The molecule has 1 aliphatic rings. The van der Waals surface area contributed by atoms with E-state index in [2.05, 4.69) is 30.2 Å². The molecule has 1 amide bonds. The number of benzene rings is 1. The number of carbonyl (C=O) groups is 1. The van der Waals surface area contributed by atoms with Crippen LogP contribution in [0.4, 0.5) is 11.5 Å². The van der Waals surface area contributed by atoms with Gasteiger partial charge < -0.3 is 10.2 Å². The molecule has 0 spiro atoms. The molecule has 32 heavy (non-hydrogen) atoms. The molecular formula is C20H26N8O3S. The fourth-order valence-electron chi connectivity index (χ4n) is 3.64. The van der Waals surface area contributed by atoms with Crippen LogP contribution >= 0.6 is 0 Å². The Morgan fingerprint density at radius 3 is 2.44 bits per heavy atom. The molecular weight excluding hydrogens is 432 g/mol. The molecule has 1 saturated heterocycles. The quantitative estimate of drug-likeness (QED) is 0.563. The monoisotopic (exact) mass is 458 g/mol. The lowest BCUT2D eigenvalue weighted by Gasteiger charge is -2.35. The first kappa shape index (κ1) is 22.1. The van der Waals surface area contributed by atoms with Gasteiger partial charge in [0.25, 0.3) is 0 Å². The van der Waals surface area contributed by atoms with E-state index in [1.165, 1.54) is 26.2 Å². The van der Waals surface area contributed by atoms with E-state index in [9.17, 15) is 13.2 Å². The molecule has 0 radical (unpaired) electrons. The number of hydrogen-bond acceptors (Lipinski definition) is 8. The van der Waals surface area contributed by atoms with Crippen molar-refractivity contribution in [2.24, 2.45) is 7.05 Å². The second-order valence-corrected chi connectivity index (χ2v) is 9.98. The normalized spacial score (nSPS) is 15.4. The predicted molar refractivity (Wildman–Crippen MR) is 121 cm³/mol. The number of aromatic nitrogens is 4. The van der Waals surface area contributed by atoms with Crippen molar-refractivity contribution in [3.05, 3.63) is 36.8 Å². The number of nitrogens with zero attached hydrogens (tertiary/aromatic N) is 7. The van der Waals surface area contributed by atoms with Gasteiger partial charge >= 0.3 is 0 Å². The Labute approximate surface area is 186 Å². The van der Waals surface area contributed by atoms with Gasteiger partial charge in [-0.1, -0.05) is 0 Å². The smallest absolute Gasteiger partial charge is 0.242 e. The van der Waals surface area contributed by atoms with E-state index in [0.717, 1.165) is 47.3 Å². The summed E-state index contributed by atoms with van der Waals surface area (Å²) in [6, 6.07) is 6.18. The van der Waals surface area contributed by atoms with Crippen LogP contribution in [-0.2, 0) is 21.9 Å². The van der Waals surface area contributed by atoms with Crippen molar-refractivity contribution in [3.8, 4) is 0 Å². The summed E-state index contributed by atoms with van der Waals surface area (Å²) in [4.78, 5) is 25.6. The summed E-state index contributed by atoms with van der Waals surface area (Å²) in [6.45, 7) is 3.19. The van der Waals surface area contributed by atoms with Crippen molar-refractivity contribution in [2.75, 3.05) is 57.0 Å². The summed E-state index contributed by atoms with van der Waals surface area (Å²) in [5.41, 5.74) is 1.35. The minimum absolute atomic E-state index is 0.140. The van der Waals surface area contributed by atoms with Crippen molar-refractivity contribution < 1.29 is 13.2 Å². The fourth-order valence-corrected chi connectivity index (χ4v) is 4.55. The topological polar surface area (TPSA) is 117 Å². The van der Waals surface area contributed by atoms with Crippen LogP contribution in [0, 0.1) is 0 Å². The average molecular weight is 459 g/mol. The molecule has 3 heterocycles. The molecule has 1 aromatic carbocycles. The second-order valence-electron chi connectivity index (χ2n) is 7.83. The van der Waals surface area contributed by atoms with Gasteiger partial charge in [0, 0.05) is 53.0 Å². The first-order valence-electron chi connectivity index (χ1n) is 10.2. The van der Waals surface area contributed by atoms with Gasteiger partial charge in [0.1, 0.15) is 12.1 Å². The van der Waals surface area contributed by atoms with Gasteiger partial charge in [0.05, 0.1) is 23.0 Å². The number of fused-ring (bicyclic) bond motifs is 1. The number of hydrogen-bond donors (Lipinski definition) is 1. The zero-order chi connectivity index (χ0) is 22.9.